The summed E-state index contributed by atoms with van der Waals surface area (Å²) in [6, 6.07) is 1.74. The first-order valence-electron chi connectivity index (χ1n) is 2.81. The second-order valence-corrected chi connectivity index (χ2v) is 1.73. The Morgan fingerprint density at radius 2 is 2.09 bits per heavy atom. The van der Waals surface area contributed by atoms with Crippen molar-refractivity contribution in [3.8, 4) is 6.07 Å². The van der Waals surface area contributed by atoms with Crippen molar-refractivity contribution >= 4 is 18.6 Å². The standard InChI is InChI=1S/C6H2BN4/c8-1-5(2-9)6-3-10-7-11-4-6/h3-4H. The van der Waals surface area contributed by atoms with Crippen molar-refractivity contribution in [1.29, 1.82) is 5.26 Å². The maximum absolute atomic E-state index is 8.41. The van der Waals surface area contributed by atoms with Crippen LogP contribution in [0.1, 0.15) is 5.56 Å². The molecule has 0 aromatic carbocycles. The van der Waals surface area contributed by atoms with Gasteiger partial charge in [0.15, 0.2) is 0 Å². The molecule has 0 bridgehead atoms. The summed E-state index contributed by atoms with van der Waals surface area (Å²) in [4.78, 5) is 7.33. The van der Waals surface area contributed by atoms with Crippen LogP contribution in [0.4, 0.5) is 0 Å². The summed E-state index contributed by atoms with van der Waals surface area (Å²) in [6.45, 7) is 0. The van der Waals surface area contributed by atoms with E-state index in [4.69, 9.17) is 10.7 Å². The molecule has 1 aromatic rings. The number of hydrogen-bond donors (Lipinski definition) is 0. The van der Waals surface area contributed by atoms with E-state index in [0.717, 1.165) is 0 Å². The van der Waals surface area contributed by atoms with Crippen LogP contribution in [0.25, 0.3) is 5.57 Å². The van der Waals surface area contributed by atoms with Crippen molar-refractivity contribution in [2.75, 3.05) is 0 Å². The number of nitrogens with zero attached hydrogens (tertiary/aromatic N) is 4. The molecule has 0 spiro atoms. The number of hydrogen-bond acceptors (Lipinski definition) is 3. The normalized spacial score (nSPS) is 7.55. The Bertz CT molecular complexity index is 333. The van der Waals surface area contributed by atoms with E-state index < -0.39 is 0 Å². The zero-order valence-corrected chi connectivity index (χ0v) is 5.52. The first-order chi connectivity index (χ1) is 5.38. The van der Waals surface area contributed by atoms with Crippen LogP contribution in [0.2, 0.25) is 0 Å². The zero-order chi connectivity index (χ0) is 8.10. The van der Waals surface area contributed by atoms with Crippen LogP contribution in [0, 0.1) is 11.3 Å². The van der Waals surface area contributed by atoms with Crippen molar-refractivity contribution in [2.24, 2.45) is 0 Å². The van der Waals surface area contributed by atoms with Gasteiger partial charge < -0.3 is 0 Å². The number of allylic oxidation sites excluding steroid dienone is 1. The minimum absolute atomic E-state index is 0.0330. The molecule has 0 amide bonds. The third-order valence-electron chi connectivity index (χ3n) is 1.07. The molecule has 1 heterocycles. The van der Waals surface area contributed by atoms with Gasteiger partial charge in [0, 0.05) is 0 Å². The van der Waals surface area contributed by atoms with Crippen molar-refractivity contribution in [1.82, 2.24) is 15.2 Å². The Kier molecular flexibility index (Phi) is 2.26. The van der Waals surface area contributed by atoms with Gasteiger partial charge in [0.1, 0.15) is 0 Å². The van der Waals surface area contributed by atoms with E-state index >= 15 is 0 Å². The van der Waals surface area contributed by atoms with Crippen LogP contribution < -0.4 is 5.41 Å². The van der Waals surface area contributed by atoms with Crippen molar-refractivity contribution in [2.45, 2.75) is 0 Å². The van der Waals surface area contributed by atoms with Gasteiger partial charge in [-0.05, 0) is 0 Å². The molecule has 0 saturated carbocycles. The van der Waals surface area contributed by atoms with E-state index in [1.807, 2.05) is 0 Å². The first kappa shape index (κ1) is 7.32. The molecule has 0 saturated heterocycles. The van der Waals surface area contributed by atoms with E-state index in [0.29, 0.717) is 5.56 Å². The number of nitriles is 1. The summed E-state index contributed by atoms with van der Waals surface area (Å²) < 4.78 is 0. The molecule has 49 valence electrons. The van der Waals surface area contributed by atoms with Gasteiger partial charge in [0.25, 0.3) is 0 Å². The molecule has 1 aromatic heterocycles. The summed E-state index contributed by atoms with van der Waals surface area (Å²) in [5.41, 5.74) is 0.489. The fourth-order valence-corrected chi connectivity index (χ4v) is 0.582. The molecule has 4 nitrogen and oxygen atoms in total. The molecular formula is C6H2BN4. The molecule has 1 rings (SSSR count). The average molecular weight is 141 g/mol. The molecule has 0 aliphatic carbocycles. The van der Waals surface area contributed by atoms with Crippen molar-refractivity contribution < 1.29 is 0 Å². The summed E-state index contributed by atoms with van der Waals surface area (Å²) >= 11 is 0. The second-order valence-electron chi connectivity index (χ2n) is 1.73. The Morgan fingerprint density at radius 3 is 2.55 bits per heavy atom. The van der Waals surface area contributed by atoms with Crippen molar-refractivity contribution in [3.05, 3.63) is 18.0 Å². The van der Waals surface area contributed by atoms with Crippen LogP contribution in [0.5, 0.6) is 0 Å². The molecule has 0 fully saturated rings. The molecule has 0 atom stereocenters. The van der Waals surface area contributed by atoms with E-state index in [9.17, 15) is 0 Å². The van der Waals surface area contributed by atoms with Crippen LogP contribution in [-0.4, -0.2) is 22.8 Å². The van der Waals surface area contributed by atoms with Gasteiger partial charge in [-0.25, -0.2) is 0 Å². The average Bonchev–Trinajstić information content (AvgIpc) is 2.09. The van der Waals surface area contributed by atoms with E-state index in [2.05, 4.69) is 9.78 Å². The molecule has 0 aliphatic heterocycles. The summed E-state index contributed by atoms with van der Waals surface area (Å²) in [7, 11) is 1.34. The molecule has 0 N–H and O–H groups in total. The van der Waals surface area contributed by atoms with E-state index in [1.165, 1.54) is 19.6 Å². The minimum atomic E-state index is 0.0330. The maximum atomic E-state index is 8.41. The molecule has 0 unspecified atom stereocenters. The summed E-state index contributed by atoms with van der Waals surface area (Å²) in [6.07, 6.45) is 2.85. The third-order valence-corrected chi connectivity index (χ3v) is 1.07. The van der Waals surface area contributed by atoms with Gasteiger partial charge in [-0.1, -0.05) is 0 Å². The van der Waals surface area contributed by atoms with Crippen LogP contribution in [0.3, 0.4) is 0 Å². The molecule has 1 radical (unpaired) electrons. The van der Waals surface area contributed by atoms with E-state index in [1.54, 1.807) is 11.9 Å². The van der Waals surface area contributed by atoms with Crippen LogP contribution in [-0.2, 0) is 0 Å². The molecule has 5 heteroatoms. The first-order valence-corrected chi connectivity index (χ1v) is 2.81. The van der Waals surface area contributed by atoms with Crippen LogP contribution >= 0.6 is 0 Å². The van der Waals surface area contributed by atoms with Gasteiger partial charge in [0.05, 0.1) is 0 Å². The zero-order valence-electron chi connectivity index (χ0n) is 5.52. The number of rotatable bonds is 1. The van der Waals surface area contributed by atoms with Crippen molar-refractivity contribution in [3.63, 3.8) is 0 Å². The summed E-state index contributed by atoms with van der Waals surface area (Å²) in [5, 5.41) is 16.8. The fraction of sp³-hybridized carbons (Fsp3) is 0. The Labute approximate surface area is 64.0 Å². The van der Waals surface area contributed by atoms with E-state index in [-0.39, 0.29) is 5.57 Å². The topological polar surface area (TPSA) is 71.9 Å². The van der Waals surface area contributed by atoms with Gasteiger partial charge in [0.2, 0.25) is 0 Å². The molecular weight excluding hydrogens is 139 g/mol. The second kappa shape index (κ2) is 3.40. The monoisotopic (exact) mass is 141 g/mol. The SMILES string of the molecule is [N]=C=C(C#N)c1cnbnc1. The fourth-order valence-electron chi connectivity index (χ4n) is 0.582. The third kappa shape index (κ3) is 1.57. The molecule has 0 aliphatic rings. The predicted octanol–water partition coefficient (Wildman–Crippen LogP) is -0.809. The van der Waals surface area contributed by atoms with Crippen LogP contribution in [0.15, 0.2) is 12.4 Å². The Morgan fingerprint density at radius 1 is 1.45 bits per heavy atom. The van der Waals surface area contributed by atoms with Gasteiger partial charge in [-0.15, -0.1) is 0 Å². The number of aromatic nitrogens is 2. The quantitative estimate of drug-likeness (QED) is 0.379. The Hall–Kier alpha value is -1.79. The van der Waals surface area contributed by atoms with Gasteiger partial charge in [-0.3, -0.25) is 0 Å². The summed E-state index contributed by atoms with van der Waals surface area (Å²) in [5.74, 6) is 1.74. The van der Waals surface area contributed by atoms with Gasteiger partial charge >= 0.3 is 63.1 Å². The van der Waals surface area contributed by atoms with Gasteiger partial charge in [-0.2, -0.15) is 0 Å². The predicted molar refractivity (Wildman–Crippen MR) is 39.5 cm³/mol. The molecule has 11 heavy (non-hydrogen) atoms. The Balaban J connectivity index is 3.15.